The van der Waals surface area contributed by atoms with Crippen molar-refractivity contribution in [2.75, 3.05) is 0 Å². The molecule has 14 heteroatoms. The summed E-state index contributed by atoms with van der Waals surface area (Å²) < 4.78 is 29.5. The Kier molecular flexibility index (Phi) is 12.3. The predicted molar refractivity (Wildman–Crippen MR) is 379 cm³/mol. The van der Waals surface area contributed by atoms with Crippen molar-refractivity contribution in [1.82, 2.24) is 39.9 Å². The van der Waals surface area contributed by atoms with Gasteiger partial charge >= 0.3 is 0 Å². The molecule has 0 N–H and O–H groups in total. The molecule has 0 aliphatic rings. The Morgan fingerprint density at radius 3 is 1.18 bits per heavy atom. The van der Waals surface area contributed by atoms with Crippen molar-refractivity contribution in [3.8, 4) is 91.2 Å². The lowest BCUT2D eigenvalue weighted by molar-refractivity contribution is 0.620. The largest absolute Gasteiger partial charge is 0.456 e. The highest BCUT2D eigenvalue weighted by Crippen LogP contribution is 2.47. The molecule has 0 unspecified atom stereocenters. The minimum atomic E-state index is 0.558. The smallest absolute Gasteiger partial charge is 0.228 e. The first kappa shape index (κ1) is 53.5. The molecule has 20 aromatic rings. The Morgan fingerprint density at radius 1 is 0.234 bits per heavy atom. The van der Waals surface area contributed by atoms with E-state index in [4.69, 9.17) is 57.5 Å². The first-order valence-electron chi connectivity index (χ1n) is 30.6. The topological polar surface area (TPSA) is 156 Å². The molecule has 0 fully saturated rings. The number of benzene rings is 12. The van der Waals surface area contributed by atoms with E-state index in [0.29, 0.717) is 46.7 Å². The Hall–Kier alpha value is -12.4. The lowest BCUT2D eigenvalue weighted by atomic mass is 10.0. The van der Waals surface area contributed by atoms with Crippen molar-refractivity contribution >= 4 is 129 Å². The zero-order valence-corrected chi connectivity index (χ0v) is 51.1. The molecule has 94 heavy (non-hydrogen) atoms. The van der Waals surface area contributed by atoms with Crippen LogP contribution in [0, 0.1) is 0 Å². The Labute approximate surface area is 541 Å². The van der Waals surface area contributed by atoms with Crippen LogP contribution in [-0.2, 0) is 0 Å². The van der Waals surface area contributed by atoms with Crippen molar-refractivity contribution < 1.29 is 17.7 Å². The SMILES string of the molecule is c1ccc(-c2nc(-c3ccc4c(c3)oc3ccccc34)nc(-c3cccc4sc5c(-c6nc7ccccc7o6)cccc5c34)n2)cc1.c1ccc(-c2nc(-c3cccc4c3oc3ccccc34)nc(-c3cccc4sc5c(-c6nc7ccccc7o6)cccc5c34)n2)cc1. The number of hydrogen-bond acceptors (Lipinski definition) is 14. The highest BCUT2D eigenvalue weighted by Gasteiger charge is 2.24. The van der Waals surface area contributed by atoms with Crippen LogP contribution in [0.5, 0.6) is 0 Å². The van der Waals surface area contributed by atoms with Crippen molar-refractivity contribution in [3.63, 3.8) is 0 Å². The first-order valence-corrected chi connectivity index (χ1v) is 32.2. The third kappa shape index (κ3) is 8.95. The second-order valence-electron chi connectivity index (χ2n) is 22.8. The van der Waals surface area contributed by atoms with Crippen LogP contribution in [0.4, 0.5) is 0 Å². The number of rotatable bonds is 8. The molecule has 0 saturated heterocycles. The van der Waals surface area contributed by atoms with Crippen molar-refractivity contribution in [3.05, 3.63) is 267 Å². The maximum atomic E-state index is 6.41. The number of thiophene rings is 2. The number of hydrogen-bond donors (Lipinski definition) is 0. The lowest BCUT2D eigenvalue weighted by Crippen LogP contribution is -2.00. The average molecular weight is 1250 g/mol. The maximum Gasteiger partial charge on any atom is 0.228 e. The van der Waals surface area contributed by atoms with E-state index in [0.717, 1.165) is 151 Å². The predicted octanol–water partition coefficient (Wildman–Crippen LogP) is 21.9. The lowest BCUT2D eigenvalue weighted by Gasteiger charge is -2.10. The van der Waals surface area contributed by atoms with Gasteiger partial charge in [-0.25, -0.2) is 39.9 Å². The van der Waals surface area contributed by atoms with Crippen molar-refractivity contribution in [2.24, 2.45) is 0 Å². The standard InChI is InChI=1S/2C40H22N4O2S/c1-2-11-23(12-3-1)37-42-38(44-39(43-37)28-17-8-14-25-24-13-4-6-20-31(24)45-35(25)28)27-16-10-22-33-34(27)26-15-9-18-29(36(26)47-33)40-41-30-19-5-7-21-32(30)46-40;1-2-10-23(11-3-1)37-42-38(24-20-21-26-25-12-4-6-17-31(25)45-33(26)22-24)44-39(43-37)28-14-9-19-34-35(28)27-13-8-15-29(36(27)47-34)40-41-30-16-5-7-18-32(30)46-40/h2*1-22H. The monoisotopic (exact) mass is 1240 g/mol. The van der Waals surface area contributed by atoms with E-state index in [2.05, 4.69) is 103 Å². The average Bonchev–Trinajstić information content (AvgIpc) is 1.59. The molecule has 12 nitrogen and oxygen atoms in total. The summed E-state index contributed by atoms with van der Waals surface area (Å²) in [6.07, 6.45) is 0. The van der Waals surface area contributed by atoms with Crippen LogP contribution < -0.4 is 0 Å². The fourth-order valence-electron chi connectivity index (χ4n) is 12.8. The highest BCUT2D eigenvalue weighted by atomic mass is 32.1. The van der Waals surface area contributed by atoms with E-state index in [-0.39, 0.29) is 0 Å². The third-order valence-corrected chi connectivity index (χ3v) is 19.6. The quantitative estimate of drug-likeness (QED) is 0.142. The second kappa shape index (κ2) is 21.7. The molecule has 0 bridgehead atoms. The molecule has 0 atom stereocenters. The van der Waals surface area contributed by atoms with Crippen molar-refractivity contribution in [2.45, 2.75) is 0 Å². The van der Waals surface area contributed by atoms with Crippen LogP contribution in [0.3, 0.4) is 0 Å². The molecule has 8 heterocycles. The fraction of sp³-hybridized carbons (Fsp3) is 0. The maximum absolute atomic E-state index is 6.41. The van der Waals surface area contributed by atoms with E-state index in [1.165, 1.54) is 0 Å². The van der Waals surface area contributed by atoms with Gasteiger partial charge in [0.05, 0.1) is 16.7 Å². The van der Waals surface area contributed by atoms with E-state index in [1.807, 2.05) is 164 Å². The van der Waals surface area contributed by atoms with Crippen LogP contribution in [0.2, 0.25) is 0 Å². The molecule has 0 aliphatic carbocycles. The molecule has 0 radical (unpaired) electrons. The molecule has 440 valence electrons. The van der Waals surface area contributed by atoms with Gasteiger partial charge in [-0.15, -0.1) is 22.7 Å². The summed E-state index contributed by atoms with van der Waals surface area (Å²) in [6.45, 7) is 0. The number of para-hydroxylation sites is 7. The highest BCUT2D eigenvalue weighted by molar-refractivity contribution is 7.26. The van der Waals surface area contributed by atoms with Gasteiger partial charge in [-0.3, -0.25) is 0 Å². The van der Waals surface area contributed by atoms with Gasteiger partial charge in [0, 0.05) is 89.7 Å². The molecule has 0 saturated carbocycles. The molecule has 0 amide bonds. The van der Waals surface area contributed by atoms with Gasteiger partial charge < -0.3 is 17.7 Å². The summed E-state index contributed by atoms with van der Waals surface area (Å²) in [4.78, 5) is 40.1. The molecule has 0 aliphatic heterocycles. The Morgan fingerprint density at radius 2 is 0.628 bits per heavy atom. The Balaban J connectivity index is 0.000000133. The van der Waals surface area contributed by atoms with Gasteiger partial charge in [0.25, 0.3) is 0 Å². The summed E-state index contributed by atoms with van der Waals surface area (Å²) >= 11 is 3.44. The van der Waals surface area contributed by atoms with Gasteiger partial charge in [-0.1, -0.05) is 188 Å². The number of furan rings is 2. The van der Waals surface area contributed by atoms with Crippen LogP contribution >= 0.6 is 22.7 Å². The number of oxazole rings is 2. The first-order chi connectivity index (χ1) is 46.5. The number of aromatic nitrogens is 8. The molecule has 8 aromatic heterocycles. The van der Waals surface area contributed by atoms with Crippen LogP contribution in [0.15, 0.2) is 285 Å². The molecular weight excluding hydrogens is 1200 g/mol. The third-order valence-electron chi connectivity index (χ3n) is 17.2. The van der Waals surface area contributed by atoms with Crippen LogP contribution in [0.1, 0.15) is 0 Å². The van der Waals surface area contributed by atoms with Crippen LogP contribution in [-0.4, -0.2) is 39.9 Å². The minimum absolute atomic E-state index is 0.558. The summed E-state index contributed by atoms with van der Waals surface area (Å²) in [6, 6.07) is 89.5. The molecule has 20 rings (SSSR count). The second-order valence-corrected chi connectivity index (χ2v) is 24.9. The van der Waals surface area contributed by atoms with Gasteiger partial charge in [0.15, 0.2) is 46.1 Å². The van der Waals surface area contributed by atoms with Gasteiger partial charge in [-0.2, -0.15) is 0 Å². The summed E-state index contributed by atoms with van der Waals surface area (Å²) in [5, 5.41) is 8.62. The zero-order chi connectivity index (χ0) is 61.8. The molecule has 12 aromatic carbocycles. The number of nitrogens with zero attached hydrogens (tertiary/aromatic N) is 8. The van der Waals surface area contributed by atoms with Crippen molar-refractivity contribution in [1.29, 1.82) is 0 Å². The van der Waals surface area contributed by atoms with E-state index in [9.17, 15) is 0 Å². The molecular formula is C80H44N8O4S2. The normalized spacial score (nSPS) is 11.8. The summed E-state index contributed by atoms with van der Waals surface area (Å²) in [7, 11) is 0. The van der Waals surface area contributed by atoms with Gasteiger partial charge in [0.1, 0.15) is 33.4 Å². The number of fused-ring (bicyclic) bond motifs is 14. The van der Waals surface area contributed by atoms with Gasteiger partial charge in [0.2, 0.25) is 11.8 Å². The van der Waals surface area contributed by atoms with E-state index in [1.54, 1.807) is 22.7 Å². The molecule has 0 spiro atoms. The summed E-state index contributed by atoms with van der Waals surface area (Å²) in [5.41, 5.74) is 13.8. The fourth-order valence-corrected chi connectivity index (χ4v) is 15.3. The van der Waals surface area contributed by atoms with E-state index >= 15 is 0 Å². The van der Waals surface area contributed by atoms with E-state index < -0.39 is 0 Å². The van der Waals surface area contributed by atoms with Crippen LogP contribution in [0.25, 0.3) is 198 Å². The minimum Gasteiger partial charge on any atom is -0.456 e. The summed E-state index contributed by atoms with van der Waals surface area (Å²) in [5.74, 6) is 4.77. The van der Waals surface area contributed by atoms with Gasteiger partial charge in [-0.05, 0) is 78.9 Å². The zero-order valence-electron chi connectivity index (χ0n) is 49.4. The Bertz CT molecular complexity index is 6340.